The summed E-state index contributed by atoms with van der Waals surface area (Å²) >= 11 is 12.0. The fraction of sp³-hybridized carbons (Fsp3) is 0.812. The molecule has 6 nitrogen and oxygen atoms in total. The van der Waals surface area contributed by atoms with Gasteiger partial charge in [0, 0.05) is 30.8 Å². The van der Waals surface area contributed by atoms with Gasteiger partial charge in [0.2, 0.25) is 16.5 Å². The molecule has 1 aromatic rings. The average molecular weight is 376 g/mol. The van der Waals surface area contributed by atoms with Crippen molar-refractivity contribution >= 4 is 29.2 Å². The Morgan fingerprint density at radius 3 is 2.08 bits per heavy atom. The third-order valence-corrected chi connectivity index (χ3v) is 4.63. The van der Waals surface area contributed by atoms with E-state index in [9.17, 15) is 0 Å². The second-order valence-electron chi connectivity index (χ2n) is 7.83. The lowest BCUT2D eigenvalue weighted by Crippen LogP contribution is -2.63. The smallest absolute Gasteiger partial charge is 0.231 e. The van der Waals surface area contributed by atoms with Gasteiger partial charge < -0.3 is 15.0 Å². The summed E-state index contributed by atoms with van der Waals surface area (Å²) in [6.45, 7) is 11.5. The number of rotatable bonds is 5. The van der Waals surface area contributed by atoms with Crippen LogP contribution in [0.25, 0.3) is 0 Å². The second kappa shape index (κ2) is 7.28. The topological polar surface area (TPSA) is 63.2 Å². The van der Waals surface area contributed by atoms with Gasteiger partial charge in [0.05, 0.1) is 6.10 Å². The van der Waals surface area contributed by atoms with E-state index >= 15 is 0 Å². The predicted octanol–water partition coefficient (Wildman–Crippen LogP) is 3.33. The van der Waals surface area contributed by atoms with E-state index in [0.29, 0.717) is 12.5 Å². The van der Waals surface area contributed by atoms with Crippen molar-refractivity contribution in [1.82, 2.24) is 20.3 Å². The Balaban J connectivity index is 2.38. The Morgan fingerprint density at radius 1 is 1.12 bits per heavy atom. The molecule has 1 atom stereocenters. The van der Waals surface area contributed by atoms with Gasteiger partial charge in [-0.15, -0.1) is 0 Å². The van der Waals surface area contributed by atoms with Gasteiger partial charge in [-0.25, -0.2) is 0 Å². The summed E-state index contributed by atoms with van der Waals surface area (Å²) in [5.41, 5.74) is 0.00317. The van der Waals surface area contributed by atoms with Crippen LogP contribution in [0, 0.1) is 0 Å². The van der Waals surface area contributed by atoms with Gasteiger partial charge in [0.1, 0.15) is 0 Å². The SMILES string of the molecule is COC(C)CN(c1nc(Cl)nc(Cl)n1)C1CC(C)(C)NC(C)(C)C1. The molecule has 1 unspecified atom stereocenters. The van der Waals surface area contributed by atoms with Gasteiger partial charge in [-0.2, -0.15) is 15.0 Å². The molecule has 0 aliphatic carbocycles. The van der Waals surface area contributed by atoms with Crippen molar-refractivity contribution in [3.8, 4) is 0 Å². The quantitative estimate of drug-likeness (QED) is 0.851. The molecule has 2 heterocycles. The fourth-order valence-corrected chi connectivity index (χ4v) is 4.03. The van der Waals surface area contributed by atoms with Crippen LogP contribution < -0.4 is 10.2 Å². The lowest BCUT2D eigenvalue weighted by Gasteiger charge is -2.50. The maximum atomic E-state index is 6.00. The lowest BCUT2D eigenvalue weighted by atomic mass is 9.79. The molecule has 0 bridgehead atoms. The molecule has 2 rings (SSSR count). The number of ether oxygens (including phenoxy) is 1. The number of halogens is 2. The summed E-state index contributed by atoms with van der Waals surface area (Å²) in [6, 6.07) is 0.239. The zero-order valence-corrected chi connectivity index (χ0v) is 16.7. The standard InChI is InChI=1S/C16H27Cl2N5O/c1-10(24-6)9-23(14-20-12(17)19-13(18)21-14)11-7-15(2,3)22-16(4,5)8-11/h10-11,22H,7-9H2,1-6H3. The second-order valence-corrected chi connectivity index (χ2v) is 8.50. The van der Waals surface area contributed by atoms with Gasteiger partial charge in [-0.3, -0.25) is 0 Å². The Labute approximate surface area is 154 Å². The molecule has 0 radical (unpaired) electrons. The van der Waals surface area contributed by atoms with Crippen LogP contribution in [-0.4, -0.2) is 51.8 Å². The molecule has 24 heavy (non-hydrogen) atoms. The molecule has 1 saturated heterocycles. The molecule has 1 aliphatic rings. The molecular formula is C16H27Cl2N5O. The van der Waals surface area contributed by atoms with Gasteiger partial charge in [-0.05, 0) is 70.7 Å². The van der Waals surface area contributed by atoms with Crippen LogP contribution in [0.4, 0.5) is 5.95 Å². The van der Waals surface area contributed by atoms with Crippen molar-refractivity contribution < 1.29 is 4.74 Å². The molecule has 136 valence electrons. The van der Waals surface area contributed by atoms with E-state index in [1.54, 1.807) is 7.11 Å². The van der Waals surface area contributed by atoms with Gasteiger partial charge in [0.25, 0.3) is 0 Å². The number of aromatic nitrogens is 3. The van der Waals surface area contributed by atoms with Crippen LogP contribution in [0.15, 0.2) is 0 Å². The largest absolute Gasteiger partial charge is 0.380 e. The Bertz CT molecular complexity index is 545. The number of nitrogens with zero attached hydrogens (tertiary/aromatic N) is 4. The van der Waals surface area contributed by atoms with E-state index in [1.807, 2.05) is 6.92 Å². The first-order chi connectivity index (χ1) is 11.0. The first-order valence-corrected chi connectivity index (χ1v) is 8.93. The summed E-state index contributed by atoms with van der Waals surface area (Å²) < 4.78 is 5.46. The molecule has 8 heteroatoms. The molecule has 0 saturated carbocycles. The molecule has 0 aromatic carbocycles. The van der Waals surface area contributed by atoms with Gasteiger partial charge >= 0.3 is 0 Å². The summed E-state index contributed by atoms with van der Waals surface area (Å²) in [7, 11) is 1.70. The minimum atomic E-state index is 0.00158. The highest BCUT2D eigenvalue weighted by atomic mass is 35.5. The summed E-state index contributed by atoms with van der Waals surface area (Å²) in [5, 5.41) is 3.90. The number of nitrogens with one attached hydrogen (secondary N) is 1. The van der Waals surface area contributed by atoms with Gasteiger partial charge in [-0.1, -0.05) is 0 Å². The molecule has 1 fully saturated rings. The normalized spacial score (nSPS) is 21.5. The van der Waals surface area contributed by atoms with Crippen molar-refractivity contribution in [2.75, 3.05) is 18.6 Å². The van der Waals surface area contributed by atoms with E-state index in [-0.39, 0.29) is 33.8 Å². The molecule has 1 aliphatic heterocycles. The summed E-state index contributed by atoms with van der Waals surface area (Å²) in [5.74, 6) is 0.502. The highest BCUT2D eigenvalue weighted by molar-refractivity contribution is 6.31. The van der Waals surface area contributed by atoms with Crippen molar-refractivity contribution in [3.05, 3.63) is 10.6 Å². The van der Waals surface area contributed by atoms with Crippen molar-refractivity contribution in [1.29, 1.82) is 0 Å². The minimum Gasteiger partial charge on any atom is -0.380 e. The van der Waals surface area contributed by atoms with Crippen LogP contribution in [0.3, 0.4) is 0 Å². The van der Waals surface area contributed by atoms with Crippen molar-refractivity contribution in [2.24, 2.45) is 0 Å². The highest BCUT2D eigenvalue weighted by Gasteiger charge is 2.41. The van der Waals surface area contributed by atoms with Gasteiger partial charge in [0.15, 0.2) is 0 Å². The molecule has 0 amide bonds. The number of methoxy groups -OCH3 is 1. The van der Waals surface area contributed by atoms with E-state index in [1.165, 1.54) is 0 Å². The monoisotopic (exact) mass is 375 g/mol. The zero-order chi connectivity index (χ0) is 18.1. The Morgan fingerprint density at radius 2 is 1.62 bits per heavy atom. The minimum absolute atomic E-state index is 0.00158. The Kier molecular flexibility index (Phi) is 5.95. The van der Waals surface area contributed by atoms with E-state index in [0.717, 1.165) is 12.8 Å². The number of anilines is 1. The molecule has 1 N–H and O–H groups in total. The van der Waals surface area contributed by atoms with Crippen LogP contribution in [0.5, 0.6) is 0 Å². The number of piperidine rings is 1. The van der Waals surface area contributed by atoms with Crippen molar-refractivity contribution in [3.63, 3.8) is 0 Å². The fourth-order valence-electron chi connectivity index (χ4n) is 3.68. The summed E-state index contributed by atoms with van der Waals surface area (Å²) in [4.78, 5) is 14.6. The Hall–Kier alpha value is -0.690. The zero-order valence-electron chi connectivity index (χ0n) is 15.2. The third kappa shape index (κ3) is 5.15. The van der Waals surface area contributed by atoms with E-state index in [4.69, 9.17) is 27.9 Å². The third-order valence-electron chi connectivity index (χ3n) is 4.29. The van der Waals surface area contributed by atoms with Crippen LogP contribution in [0.2, 0.25) is 10.6 Å². The number of hydrogen-bond acceptors (Lipinski definition) is 6. The molecular weight excluding hydrogens is 349 g/mol. The van der Waals surface area contributed by atoms with Crippen LogP contribution >= 0.6 is 23.2 Å². The average Bonchev–Trinajstić information content (AvgIpc) is 2.39. The van der Waals surface area contributed by atoms with Crippen LogP contribution in [0.1, 0.15) is 47.5 Å². The first kappa shape index (κ1) is 19.6. The first-order valence-electron chi connectivity index (χ1n) is 8.17. The maximum Gasteiger partial charge on any atom is 0.231 e. The maximum absolute atomic E-state index is 6.00. The van der Waals surface area contributed by atoms with E-state index in [2.05, 4.69) is 52.9 Å². The van der Waals surface area contributed by atoms with Crippen LogP contribution in [-0.2, 0) is 4.74 Å². The molecule has 0 spiro atoms. The lowest BCUT2D eigenvalue weighted by molar-refractivity contribution is 0.110. The number of hydrogen-bond donors (Lipinski definition) is 1. The predicted molar refractivity (Wildman–Crippen MR) is 98.0 cm³/mol. The van der Waals surface area contributed by atoms with E-state index < -0.39 is 0 Å². The molecule has 1 aromatic heterocycles. The highest BCUT2D eigenvalue weighted by Crippen LogP contribution is 2.33. The summed E-state index contributed by atoms with van der Waals surface area (Å²) in [6.07, 6.45) is 1.93. The van der Waals surface area contributed by atoms with Crippen molar-refractivity contribution in [2.45, 2.75) is 70.7 Å².